The van der Waals surface area contributed by atoms with Crippen LogP contribution in [-0.2, 0) is 22.5 Å². The Bertz CT molecular complexity index is 704. The van der Waals surface area contributed by atoms with Gasteiger partial charge in [-0.25, -0.2) is 4.39 Å². The lowest BCUT2D eigenvalue weighted by Gasteiger charge is -2.29. The number of aromatic amines is 1. The number of aromatic nitrogens is 1. The van der Waals surface area contributed by atoms with Crippen molar-refractivity contribution < 1.29 is 13.9 Å². The number of rotatable bonds is 1. The maximum Gasteiger partial charge on any atom is 0.252 e. The Kier molecular flexibility index (Phi) is 2.96. The number of ether oxygens (including phenoxy) is 1. The average Bonchev–Trinajstić information content (AvgIpc) is 3.13. The first-order valence-electron chi connectivity index (χ1n) is 7.42. The molecular weight excluding hydrogens is 271 g/mol. The molecule has 1 aromatic carbocycles. The number of H-pyrrole nitrogens is 1. The maximum atomic E-state index is 13.5. The molecule has 1 amide bonds. The number of hydrogen-bond acceptors (Lipinski definition) is 2. The Hall–Kier alpha value is -1.88. The topological polar surface area (TPSA) is 45.3 Å². The molecule has 21 heavy (non-hydrogen) atoms. The lowest BCUT2D eigenvalue weighted by molar-refractivity contribution is -0.141. The van der Waals surface area contributed by atoms with Gasteiger partial charge in [0.1, 0.15) is 11.9 Å². The molecule has 1 atom stereocenters. The van der Waals surface area contributed by atoms with Crippen molar-refractivity contribution in [3.8, 4) is 0 Å². The minimum absolute atomic E-state index is 0.0731. The largest absolute Gasteiger partial charge is 0.368 e. The van der Waals surface area contributed by atoms with Gasteiger partial charge in [-0.2, -0.15) is 0 Å². The number of fused-ring (bicyclic) bond motifs is 3. The fourth-order valence-corrected chi connectivity index (χ4v) is 3.35. The van der Waals surface area contributed by atoms with Crippen LogP contribution in [0.15, 0.2) is 18.2 Å². The molecule has 2 aliphatic heterocycles. The molecular formula is C16H17FN2O2. The molecule has 4 nitrogen and oxygen atoms in total. The molecule has 0 radical (unpaired) electrons. The van der Waals surface area contributed by atoms with E-state index in [1.54, 1.807) is 12.1 Å². The van der Waals surface area contributed by atoms with E-state index < -0.39 is 0 Å². The zero-order valence-corrected chi connectivity index (χ0v) is 11.7. The molecule has 2 aliphatic rings. The SMILES string of the molecule is O=C([C@H]1CCCO1)N1CCc2[nH]c3ccc(F)cc3c2C1. The van der Waals surface area contributed by atoms with E-state index in [0.29, 0.717) is 19.7 Å². The first kappa shape index (κ1) is 12.8. The number of carbonyl (C=O) groups excluding carboxylic acids is 1. The van der Waals surface area contributed by atoms with Gasteiger partial charge in [-0.05, 0) is 31.0 Å². The van der Waals surface area contributed by atoms with Crippen LogP contribution < -0.4 is 0 Å². The van der Waals surface area contributed by atoms with Crippen LogP contribution in [0, 0.1) is 5.82 Å². The van der Waals surface area contributed by atoms with Crippen molar-refractivity contribution in [2.75, 3.05) is 13.2 Å². The molecule has 1 aromatic heterocycles. The van der Waals surface area contributed by atoms with Gasteiger partial charge in [0.2, 0.25) is 0 Å². The van der Waals surface area contributed by atoms with Crippen molar-refractivity contribution in [2.24, 2.45) is 0 Å². The van der Waals surface area contributed by atoms with E-state index in [4.69, 9.17) is 4.74 Å². The minimum atomic E-state index is -0.284. The molecule has 5 heteroatoms. The third kappa shape index (κ3) is 2.12. The number of amides is 1. The summed E-state index contributed by atoms with van der Waals surface area (Å²) < 4.78 is 19.0. The Morgan fingerprint density at radius 3 is 3.14 bits per heavy atom. The number of benzene rings is 1. The van der Waals surface area contributed by atoms with Gasteiger partial charge in [0.05, 0.1) is 0 Å². The van der Waals surface area contributed by atoms with Crippen LogP contribution in [0.4, 0.5) is 4.39 Å². The third-order valence-corrected chi connectivity index (χ3v) is 4.45. The van der Waals surface area contributed by atoms with Gasteiger partial charge in [-0.15, -0.1) is 0 Å². The molecule has 1 fully saturated rings. The highest BCUT2D eigenvalue weighted by molar-refractivity contribution is 5.87. The van der Waals surface area contributed by atoms with Crippen LogP contribution in [0.2, 0.25) is 0 Å². The smallest absolute Gasteiger partial charge is 0.252 e. The lowest BCUT2D eigenvalue weighted by atomic mass is 10.0. The first-order valence-corrected chi connectivity index (χ1v) is 7.42. The molecule has 1 saturated heterocycles. The molecule has 2 aromatic rings. The standard InChI is InChI=1S/C16H17FN2O2/c17-10-3-4-13-11(8-10)12-9-19(6-5-14(12)18-13)16(20)15-2-1-7-21-15/h3-4,8,15,18H,1-2,5-7,9H2/t15-/m1/s1. The van der Waals surface area contributed by atoms with Crippen molar-refractivity contribution in [3.05, 3.63) is 35.3 Å². The zero-order chi connectivity index (χ0) is 14.4. The van der Waals surface area contributed by atoms with Gasteiger partial charge >= 0.3 is 0 Å². The van der Waals surface area contributed by atoms with Crippen molar-refractivity contribution in [1.82, 2.24) is 9.88 Å². The van der Waals surface area contributed by atoms with Crippen molar-refractivity contribution in [2.45, 2.75) is 31.9 Å². The monoisotopic (exact) mass is 288 g/mol. The molecule has 3 heterocycles. The van der Waals surface area contributed by atoms with Crippen LogP contribution in [0.25, 0.3) is 10.9 Å². The summed E-state index contributed by atoms with van der Waals surface area (Å²) in [6, 6.07) is 4.76. The van der Waals surface area contributed by atoms with Crippen molar-refractivity contribution in [1.29, 1.82) is 0 Å². The van der Waals surface area contributed by atoms with Crippen molar-refractivity contribution >= 4 is 16.8 Å². The third-order valence-electron chi connectivity index (χ3n) is 4.45. The van der Waals surface area contributed by atoms with Crippen LogP contribution in [0.3, 0.4) is 0 Å². The Morgan fingerprint density at radius 2 is 2.33 bits per heavy atom. The first-order chi connectivity index (χ1) is 10.2. The van der Waals surface area contributed by atoms with E-state index in [0.717, 1.165) is 41.4 Å². The second kappa shape index (κ2) is 4.84. The minimum Gasteiger partial charge on any atom is -0.368 e. The highest BCUT2D eigenvalue weighted by Crippen LogP contribution is 2.29. The average molecular weight is 288 g/mol. The summed E-state index contributed by atoms with van der Waals surface area (Å²) in [5, 5.41) is 0.884. The lowest BCUT2D eigenvalue weighted by Crippen LogP contribution is -2.41. The number of nitrogens with one attached hydrogen (secondary N) is 1. The molecule has 1 N–H and O–H groups in total. The fraction of sp³-hybridized carbons (Fsp3) is 0.438. The summed E-state index contributed by atoms with van der Waals surface area (Å²) in [4.78, 5) is 17.6. The van der Waals surface area contributed by atoms with Crippen LogP contribution in [0.5, 0.6) is 0 Å². The van der Waals surface area contributed by atoms with Crippen LogP contribution in [0.1, 0.15) is 24.1 Å². The Morgan fingerprint density at radius 1 is 1.43 bits per heavy atom. The van der Waals surface area contributed by atoms with Gasteiger partial charge < -0.3 is 14.6 Å². The predicted molar refractivity (Wildman–Crippen MR) is 76.4 cm³/mol. The molecule has 0 saturated carbocycles. The van der Waals surface area contributed by atoms with E-state index in [9.17, 15) is 9.18 Å². The number of carbonyl (C=O) groups is 1. The summed E-state index contributed by atoms with van der Waals surface area (Å²) >= 11 is 0. The second-order valence-electron chi connectivity index (χ2n) is 5.78. The van der Waals surface area contributed by atoms with Gasteiger partial charge in [-0.3, -0.25) is 4.79 Å². The summed E-state index contributed by atoms with van der Waals surface area (Å²) in [7, 11) is 0. The quantitative estimate of drug-likeness (QED) is 0.875. The van der Waals surface area contributed by atoms with E-state index in [1.165, 1.54) is 6.07 Å². The van der Waals surface area contributed by atoms with Gasteiger partial charge in [0, 0.05) is 48.3 Å². The van der Waals surface area contributed by atoms with E-state index in [2.05, 4.69) is 4.98 Å². The molecule has 110 valence electrons. The van der Waals surface area contributed by atoms with Crippen LogP contribution >= 0.6 is 0 Å². The summed E-state index contributed by atoms with van der Waals surface area (Å²) in [5.41, 5.74) is 3.10. The maximum absolute atomic E-state index is 13.5. The fourth-order valence-electron chi connectivity index (χ4n) is 3.35. The van der Waals surface area contributed by atoms with E-state index in [1.807, 2.05) is 4.90 Å². The summed E-state index contributed by atoms with van der Waals surface area (Å²) in [6.07, 6.45) is 2.26. The second-order valence-corrected chi connectivity index (χ2v) is 5.78. The molecule has 0 unspecified atom stereocenters. The molecule has 0 bridgehead atoms. The summed E-state index contributed by atoms with van der Waals surface area (Å²) in [6.45, 7) is 1.91. The molecule has 4 rings (SSSR count). The van der Waals surface area contributed by atoms with Gasteiger partial charge in [0.25, 0.3) is 5.91 Å². The number of hydrogen-bond donors (Lipinski definition) is 1. The van der Waals surface area contributed by atoms with Crippen LogP contribution in [-0.4, -0.2) is 35.0 Å². The Balaban J connectivity index is 1.65. The normalized spacial score (nSPS) is 21.8. The Labute approximate surface area is 121 Å². The highest BCUT2D eigenvalue weighted by atomic mass is 19.1. The number of halogens is 1. The number of nitrogens with zero attached hydrogens (tertiary/aromatic N) is 1. The van der Waals surface area contributed by atoms with Crippen molar-refractivity contribution in [3.63, 3.8) is 0 Å². The molecule has 0 spiro atoms. The van der Waals surface area contributed by atoms with E-state index in [-0.39, 0.29) is 17.8 Å². The van der Waals surface area contributed by atoms with E-state index >= 15 is 0 Å². The highest BCUT2D eigenvalue weighted by Gasteiger charge is 2.31. The predicted octanol–water partition coefficient (Wildman–Crippen LogP) is 2.37. The van der Waals surface area contributed by atoms with Gasteiger partial charge in [0.15, 0.2) is 0 Å². The van der Waals surface area contributed by atoms with Gasteiger partial charge in [-0.1, -0.05) is 0 Å². The summed E-state index contributed by atoms with van der Waals surface area (Å²) in [5.74, 6) is -0.171. The molecule has 0 aliphatic carbocycles. The zero-order valence-electron chi connectivity index (χ0n) is 11.7.